The summed E-state index contributed by atoms with van der Waals surface area (Å²) in [5.74, 6) is -4.12. The molecule has 114 heavy (non-hydrogen) atoms. The normalized spacial score (nSPS) is 55.1. The van der Waals surface area contributed by atoms with Crippen molar-refractivity contribution in [3.8, 4) is 0 Å². The van der Waals surface area contributed by atoms with E-state index in [-0.39, 0.29) is 25.2 Å². The van der Waals surface area contributed by atoms with E-state index in [0.29, 0.717) is 38.5 Å². The van der Waals surface area contributed by atoms with Crippen molar-refractivity contribution in [2.24, 2.45) is 50.2 Å². The number of aliphatic hydroxyl groups excluding tert-OH is 20. The van der Waals surface area contributed by atoms with Crippen molar-refractivity contribution < 1.29 is 197 Å². The highest BCUT2D eigenvalue weighted by atomic mass is 16.8. The fraction of sp³-hybridized carbons (Fsp3) is 0.932. The Hall–Kier alpha value is -3.05. The van der Waals surface area contributed by atoms with Gasteiger partial charge in [0.25, 0.3) is 0 Å². The summed E-state index contributed by atoms with van der Waals surface area (Å²) < 4.78 is 95.3. The number of fused-ring (bicyclic) bond motifs is 7. The Kier molecular flexibility index (Phi) is 26.2. The molecule has 13 rings (SSSR count). The first-order valence-electron chi connectivity index (χ1n) is 39.3. The maximum Gasteiger partial charge on any atom is 0.335 e. The number of allylic oxidation sites excluding steroid dienone is 2. The van der Waals surface area contributed by atoms with Crippen LogP contribution in [0.3, 0.4) is 0 Å². The molecule has 652 valence electrons. The molecular weight excluding hydrogens is 1530 g/mol. The Morgan fingerprint density at radius 2 is 0.974 bits per heavy atom. The van der Waals surface area contributed by atoms with Gasteiger partial charge in [0.1, 0.15) is 158 Å². The van der Waals surface area contributed by atoms with Crippen molar-refractivity contribution in [3.05, 3.63) is 11.6 Å². The molecule has 0 bridgehead atoms. The Bertz CT molecular complexity index is 3360. The van der Waals surface area contributed by atoms with Crippen LogP contribution in [0.1, 0.15) is 113 Å². The third-order valence-corrected chi connectivity index (χ3v) is 28.2. The van der Waals surface area contributed by atoms with Gasteiger partial charge in [0.15, 0.2) is 56.2 Å². The number of carboxylic acids is 1. The lowest BCUT2D eigenvalue weighted by molar-refractivity contribution is -0.391. The molecule has 5 aliphatic carbocycles. The van der Waals surface area contributed by atoms with Crippen LogP contribution in [0, 0.1) is 50.2 Å². The number of carbonyl (C=O) groups is 3. The summed E-state index contributed by atoms with van der Waals surface area (Å²) in [7, 11) is 0. The topological polar surface area (TPSA) is 624 Å². The third kappa shape index (κ3) is 15.4. The lowest BCUT2D eigenvalue weighted by Gasteiger charge is -2.71. The van der Waals surface area contributed by atoms with Gasteiger partial charge in [-0.1, -0.05) is 53.2 Å². The summed E-state index contributed by atoms with van der Waals surface area (Å²) in [5.41, 5.74) is -4.94. The van der Waals surface area contributed by atoms with Crippen LogP contribution in [-0.4, -0.2) is 392 Å². The number of hydrogen-bond donors (Lipinski definition) is 21. The molecule has 13 aliphatic rings. The van der Waals surface area contributed by atoms with Gasteiger partial charge in [-0.25, -0.2) is 4.79 Å². The molecule has 8 saturated heterocycles. The number of aldehydes is 1. The molecule has 21 N–H and O–H groups in total. The van der Waals surface area contributed by atoms with E-state index in [1.54, 1.807) is 6.92 Å². The predicted octanol–water partition coefficient (Wildman–Crippen LogP) is -7.88. The third-order valence-electron chi connectivity index (χ3n) is 28.2. The highest BCUT2D eigenvalue weighted by molar-refractivity contribution is 5.80. The van der Waals surface area contributed by atoms with E-state index in [9.17, 15) is 117 Å². The smallest absolute Gasteiger partial charge is 0.335 e. The number of esters is 1. The first kappa shape index (κ1) is 88.7. The van der Waals surface area contributed by atoms with Crippen molar-refractivity contribution in [2.45, 2.75) is 347 Å². The van der Waals surface area contributed by atoms with Gasteiger partial charge < -0.3 is 188 Å². The summed E-state index contributed by atoms with van der Waals surface area (Å²) in [6.45, 7) is 11.8. The minimum atomic E-state index is -2.23. The van der Waals surface area contributed by atoms with Crippen LogP contribution in [-0.2, 0) is 90.2 Å². The molecule has 0 aromatic carbocycles. The van der Waals surface area contributed by atoms with E-state index in [1.165, 1.54) is 13.8 Å². The zero-order chi connectivity index (χ0) is 83.0. The second kappa shape index (κ2) is 33.6. The standard InChI is InChI=1S/C74H116O40/c1-25-38(82)44(88)57(112-63-49(93)45(89)52(26(2)104-63)107-62-51(95)53(32(80)23-101-62)108-65-56(41(85)31(79)22-102-65)111-61-47(91)40(84)30(78)21-100-61)66(103-25)114-68(98)74-16-15-69(3,4)17-28(74)27-9-10-35-70(5)13-12-37(71(6,24-76)34(70)11-14-72(35,7)73(27,8)18-36(74)81)106-67-58(113-64-48(92)43(87)42(86)33(19-75)105-64)54(50(94)55(110-67)59(96)97)109-60-46(90)39(83)29(77)20-99-60/h9,24-26,28-58,60-67,75,77-95H,10-23H2,1-8H3,(H,96,97)/t25-,26+,28+,29-,30+,31+,32-,33-,34-,35-,36-,37+,38+,39+,40+,41+,42+,43+,44+,45+,46-,47-,48-,49-,50+,51-,52+,53+,54+,55+,56-,57-,58-,60+,61+,62+,63+,64+,65+,66+,67-,70+,71+,72-,73-,74-/m1/s1. The van der Waals surface area contributed by atoms with Crippen LogP contribution >= 0.6 is 0 Å². The van der Waals surface area contributed by atoms with E-state index in [2.05, 4.69) is 40.7 Å². The average Bonchev–Trinajstić information content (AvgIpc) is 0.669. The highest BCUT2D eigenvalue weighted by Gasteiger charge is 2.73. The van der Waals surface area contributed by atoms with Gasteiger partial charge in [0.05, 0.1) is 62.9 Å². The van der Waals surface area contributed by atoms with Gasteiger partial charge in [0, 0.05) is 0 Å². The molecule has 0 spiro atoms. The second-order valence-corrected chi connectivity index (χ2v) is 35.5. The SMILES string of the molecule is C[C@@H]1O[C@@H](O[C@H]2[C@H](OC(=O)[C@]34CCC(C)(C)C[C@H]3C3=CC[C@@H]5[C@@]6(C)CC[C@H](O[C@@H]7O[C@H](C(=O)O)[C@@H](O)[C@H](O[C@@H]8OC[C@@H](O)[C@H](O)[C@H]8O)[C@H]7O[C@@H]7O[C@H](CO)[C@H](O)[C@H](O)[C@H]7O)[C@@](C)(C=O)[C@@H]6CC[C@@]5(C)[C@]3(C)C[C@H]4O)O[C@H](C)[C@H](O)[C@@H]2O)[C@H](O)[C@H](O)[C@H]1O[C@@H]1OC[C@@H](O)[C@H](O[C@@H]2OC[C@H](O)[C@H](O)[C@H]2O[C@@H]2OC[C@H](O)[C@H](O)[C@H]2O)[C@H]1O. The van der Waals surface area contributed by atoms with Crippen LogP contribution < -0.4 is 0 Å². The molecule has 0 radical (unpaired) electrons. The molecule has 40 heteroatoms. The van der Waals surface area contributed by atoms with E-state index >= 15 is 4.79 Å². The lowest BCUT2D eigenvalue weighted by Crippen LogP contribution is -2.69. The van der Waals surface area contributed by atoms with Crippen LogP contribution in [0.4, 0.5) is 0 Å². The van der Waals surface area contributed by atoms with Crippen molar-refractivity contribution in [3.63, 3.8) is 0 Å². The van der Waals surface area contributed by atoms with E-state index < -0.39 is 323 Å². The zero-order valence-corrected chi connectivity index (χ0v) is 64.4. The minimum absolute atomic E-state index is 0.0227. The first-order valence-corrected chi connectivity index (χ1v) is 39.3. The molecule has 0 aromatic rings. The number of carboxylic acid groups (broad SMARTS) is 1. The molecular formula is C74H116O40. The lowest BCUT2D eigenvalue weighted by atomic mass is 9.33. The number of ether oxygens (including phenoxy) is 16. The molecule has 8 heterocycles. The number of aliphatic hydroxyl groups is 20. The maximum absolute atomic E-state index is 15.8. The van der Waals surface area contributed by atoms with Gasteiger partial charge in [-0.3, -0.25) is 4.79 Å². The second-order valence-electron chi connectivity index (χ2n) is 35.5. The molecule has 8 aliphatic heterocycles. The highest BCUT2D eigenvalue weighted by Crippen LogP contribution is 2.76. The van der Waals surface area contributed by atoms with Crippen molar-refractivity contribution >= 4 is 18.2 Å². The molecule has 0 aromatic heterocycles. The van der Waals surface area contributed by atoms with Gasteiger partial charge >= 0.3 is 11.9 Å². The van der Waals surface area contributed by atoms with Crippen LogP contribution in [0.2, 0.25) is 0 Å². The maximum atomic E-state index is 15.8. The van der Waals surface area contributed by atoms with Crippen molar-refractivity contribution in [2.75, 3.05) is 33.0 Å². The molecule has 40 nitrogen and oxygen atoms in total. The molecule has 0 unspecified atom stereocenters. The fourth-order valence-electron chi connectivity index (χ4n) is 21.2. The Morgan fingerprint density at radius 3 is 1.60 bits per heavy atom. The summed E-state index contributed by atoms with van der Waals surface area (Å²) in [6, 6.07) is 0. The van der Waals surface area contributed by atoms with Crippen LogP contribution in [0.15, 0.2) is 11.6 Å². The summed E-state index contributed by atoms with van der Waals surface area (Å²) >= 11 is 0. The Labute approximate surface area is 655 Å². The minimum Gasteiger partial charge on any atom is -0.479 e. The number of hydrogen-bond acceptors (Lipinski definition) is 39. The van der Waals surface area contributed by atoms with Crippen molar-refractivity contribution in [1.82, 2.24) is 0 Å². The van der Waals surface area contributed by atoms with Crippen LogP contribution in [0.25, 0.3) is 0 Å². The molecule has 0 amide bonds. The molecule has 46 atom stereocenters. The van der Waals surface area contributed by atoms with Gasteiger partial charge in [-0.05, 0) is 111 Å². The zero-order valence-electron chi connectivity index (χ0n) is 64.4. The number of rotatable bonds is 19. The van der Waals surface area contributed by atoms with E-state index in [1.807, 2.05) is 0 Å². The summed E-state index contributed by atoms with van der Waals surface area (Å²) in [4.78, 5) is 43.1. The quantitative estimate of drug-likeness (QED) is 0.0247. The number of carbonyl (C=O) groups excluding carboxylic acids is 2. The fourth-order valence-corrected chi connectivity index (χ4v) is 21.2. The van der Waals surface area contributed by atoms with Gasteiger partial charge in [0.2, 0.25) is 6.29 Å². The first-order chi connectivity index (χ1) is 53.5. The largest absolute Gasteiger partial charge is 0.479 e. The Morgan fingerprint density at radius 1 is 0.456 bits per heavy atom. The summed E-state index contributed by atoms with van der Waals surface area (Å²) in [5, 5.41) is 232. The average molecular weight is 1650 g/mol. The van der Waals surface area contributed by atoms with Crippen LogP contribution in [0.5, 0.6) is 0 Å². The Balaban J connectivity index is 0.715. The van der Waals surface area contributed by atoms with E-state index in [0.717, 1.165) is 11.9 Å². The predicted molar refractivity (Wildman–Crippen MR) is 369 cm³/mol. The summed E-state index contributed by atoms with van der Waals surface area (Å²) in [6.07, 6.45) is -62.5. The van der Waals surface area contributed by atoms with Crippen molar-refractivity contribution in [1.29, 1.82) is 0 Å². The molecule has 4 saturated carbocycles. The monoisotopic (exact) mass is 1640 g/mol. The van der Waals surface area contributed by atoms with E-state index in [4.69, 9.17) is 75.8 Å². The molecule has 12 fully saturated rings. The van der Waals surface area contributed by atoms with Gasteiger partial charge in [-0.2, -0.15) is 0 Å². The number of aliphatic carboxylic acids is 1. The van der Waals surface area contributed by atoms with Gasteiger partial charge in [-0.15, -0.1) is 0 Å².